The molecule has 0 unspecified atom stereocenters. The van der Waals surface area contributed by atoms with Crippen molar-refractivity contribution in [1.29, 1.82) is 0 Å². The van der Waals surface area contributed by atoms with Gasteiger partial charge in [-0.3, -0.25) is 0 Å². The molecule has 2 aliphatic heterocycles. The summed E-state index contributed by atoms with van der Waals surface area (Å²) in [4.78, 5) is 13.5. The first-order valence-electron chi connectivity index (χ1n) is 16.7. The number of carbonyl (C=O) groups is 1. The van der Waals surface area contributed by atoms with Crippen molar-refractivity contribution in [2.75, 3.05) is 0 Å². The molecule has 3 aromatic carbocycles. The smallest absolute Gasteiger partial charge is 0.340 e. The van der Waals surface area contributed by atoms with Crippen LogP contribution in [0.25, 0.3) is 0 Å². The monoisotopic (exact) mass is 584 g/mol. The molecule has 3 aromatic rings. The second kappa shape index (κ2) is 14.8. The van der Waals surface area contributed by atoms with Crippen LogP contribution in [0.3, 0.4) is 0 Å². The Labute approximate surface area is 257 Å². The summed E-state index contributed by atoms with van der Waals surface area (Å²) in [6.45, 7) is 2.28. The maximum Gasteiger partial charge on any atom is 0.340 e. The fraction of sp³-hybridized carbons (Fsp3) is 0.500. The molecule has 0 fully saturated rings. The molecule has 2 heterocycles. The average Bonchev–Trinajstić information content (AvgIpc) is 3.29. The highest BCUT2D eigenvalue weighted by Crippen LogP contribution is 2.57. The van der Waals surface area contributed by atoms with E-state index in [4.69, 9.17) is 9.47 Å². The maximum absolute atomic E-state index is 13.5. The molecule has 0 radical (unpaired) electrons. The third-order valence-electron chi connectivity index (χ3n) is 9.19. The summed E-state index contributed by atoms with van der Waals surface area (Å²) in [7, 11) is 0. The number of unbranched alkanes of at least 4 members (excludes halogenated alkanes) is 15. The molecular weight excluding hydrogens is 536 g/mol. The summed E-state index contributed by atoms with van der Waals surface area (Å²) >= 11 is 0. The van der Waals surface area contributed by atoms with Gasteiger partial charge in [-0.15, -0.1) is 0 Å². The first-order chi connectivity index (χ1) is 21.0. The number of rotatable bonds is 17. The summed E-state index contributed by atoms with van der Waals surface area (Å²) in [5, 5.41) is 20.3. The predicted octanol–water partition coefficient (Wildman–Crippen LogP) is 10.5. The van der Waals surface area contributed by atoms with Gasteiger partial charge >= 0.3 is 5.97 Å². The van der Waals surface area contributed by atoms with Gasteiger partial charge in [0, 0.05) is 28.8 Å². The zero-order valence-electron chi connectivity index (χ0n) is 25.8. The lowest BCUT2D eigenvalue weighted by molar-refractivity contribution is 0.0223. The highest BCUT2D eigenvalue weighted by molar-refractivity contribution is 5.98. The molecule has 0 saturated heterocycles. The summed E-state index contributed by atoms with van der Waals surface area (Å²) < 4.78 is 12.3. The van der Waals surface area contributed by atoms with Crippen molar-refractivity contribution in [3.05, 3.63) is 82.4 Å². The fourth-order valence-corrected chi connectivity index (χ4v) is 6.89. The Morgan fingerprint density at radius 1 is 0.605 bits per heavy atom. The minimum atomic E-state index is -1.19. The fourth-order valence-electron chi connectivity index (χ4n) is 6.89. The van der Waals surface area contributed by atoms with Crippen LogP contribution in [0.1, 0.15) is 142 Å². The van der Waals surface area contributed by atoms with Crippen LogP contribution in [-0.2, 0) is 16.8 Å². The molecule has 0 aromatic heterocycles. The van der Waals surface area contributed by atoms with Crippen LogP contribution in [0.4, 0.5) is 0 Å². The van der Waals surface area contributed by atoms with E-state index in [2.05, 4.69) is 6.92 Å². The van der Waals surface area contributed by atoms with E-state index < -0.39 is 5.60 Å². The van der Waals surface area contributed by atoms with Gasteiger partial charge in [-0.2, -0.15) is 0 Å². The lowest BCUT2D eigenvalue weighted by Gasteiger charge is -2.36. The SMILES string of the molecule is CCCCCCCCCCCCCCCCCCc1cccc2c1C(=O)OC21c2ccc(O)cc2Oc2cc(O)ccc21. The van der Waals surface area contributed by atoms with Gasteiger partial charge < -0.3 is 19.7 Å². The second-order valence-corrected chi connectivity index (χ2v) is 12.4. The van der Waals surface area contributed by atoms with Crippen LogP contribution in [0.5, 0.6) is 23.0 Å². The number of carbonyl (C=O) groups excluding carboxylic acids is 1. The van der Waals surface area contributed by atoms with Crippen molar-refractivity contribution in [3.8, 4) is 23.0 Å². The molecule has 2 aliphatic rings. The van der Waals surface area contributed by atoms with Gasteiger partial charge in [-0.05, 0) is 42.7 Å². The van der Waals surface area contributed by atoms with Crippen molar-refractivity contribution < 1.29 is 24.5 Å². The quantitative estimate of drug-likeness (QED) is 0.122. The highest BCUT2D eigenvalue weighted by Gasteiger charge is 2.54. The maximum atomic E-state index is 13.5. The van der Waals surface area contributed by atoms with E-state index in [1.165, 1.54) is 102 Å². The van der Waals surface area contributed by atoms with Gasteiger partial charge in [-0.1, -0.05) is 121 Å². The molecule has 0 amide bonds. The van der Waals surface area contributed by atoms with E-state index >= 15 is 0 Å². The molecule has 5 heteroatoms. The Morgan fingerprint density at radius 2 is 1.09 bits per heavy atom. The Kier molecular flexibility index (Phi) is 10.7. The Bertz CT molecular complexity index is 1330. The minimum absolute atomic E-state index is 0.0549. The van der Waals surface area contributed by atoms with Crippen molar-refractivity contribution in [1.82, 2.24) is 0 Å². The minimum Gasteiger partial charge on any atom is -0.508 e. The largest absolute Gasteiger partial charge is 0.508 e. The molecule has 0 atom stereocenters. The van der Waals surface area contributed by atoms with Gasteiger partial charge in [0.2, 0.25) is 0 Å². The number of aryl methyl sites for hydroxylation is 1. The predicted molar refractivity (Wildman–Crippen MR) is 171 cm³/mol. The standard InChI is InChI=1S/C38H48O5/c1-2-3-4-5-6-7-8-9-10-11-12-13-14-15-16-17-19-28-20-18-21-33-36(28)37(41)43-38(33)31-24-22-29(39)26-34(31)42-35-27-30(40)23-25-32(35)38/h18,20-27,39-40H,2-17,19H2,1H3. The molecule has 43 heavy (non-hydrogen) atoms. The number of phenols is 2. The normalized spacial score (nSPS) is 14.2. The third kappa shape index (κ3) is 7.03. The van der Waals surface area contributed by atoms with Crippen LogP contribution >= 0.6 is 0 Å². The molecule has 0 saturated carbocycles. The zero-order valence-corrected chi connectivity index (χ0v) is 25.8. The van der Waals surface area contributed by atoms with E-state index in [1.54, 1.807) is 24.3 Å². The van der Waals surface area contributed by atoms with Crippen LogP contribution in [0.15, 0.2) is 54.6 Å². The number of aromatic hydroxyl groups is 2. The molecule has 5 nitrogen and oxygen atoms in total. The van der Waals surface area contributed by atoms with Crippen molar-refractivity contribution in [2.45, 2.75) is 122 Å². The Morgan fingerprint density at radius 3 is 1.60 bits per heavy atom. The second-order valence-electron chi connectivity index (χ2n) is 12.4. The topological polar surface area (TPSA) is 76.0 Å². The van der Waals surface area contributed by atoms with Crippen LogP contribution in [0.2, 0.25) is 0 Å². The number of hydrogen-bond acceptors (Lipinski definition) is 5. The zero-order chi connectivity index (χ0) is 30.1. The van der Waals surface area contributed by atoms with Crippen molar-refractivity contribution >= 4 is 5.97 Å². The van der Waals surface area contributed by atoms with Gasteiger partial charge in [-0.25, -0.2) is 4.79 Å². The van der Waals surface area contributed by atoms with Crippen LogP contribution < -0.4 is 4.74 Å². The first-order valence-corrected chi connectivity index (χ1v) is 16.7. The molecule has 0 aliphatic carbocycles. The molecule has 230 valence electrons. The number of ether oxygens (including phenoxy) is 2. The summed E-state index contributed by atoms with van der Waals surface area (Å²) in [6, 6.07) is 15.7. The van der Waals surface area contributed by atoms with Gasteiger partial charge in [0.1, 0.15) is 23.0 Å². The molecule has 1 spiro atoms. The molecule has 2 N–H and O–H groups in total. The van der Waals surface area contributed by atoms with Gasteiger partial charge in [0.15, 0.2) is 5.60 Å². The lowest BCUT2D eigenvalue weighted by Crippen LogP contribution is -2.32. The Hall–Kier alpha value is -3.47. The summed E-state index contributed by atoms with van der Waals surface area (Å²) in [5.41, 5.74) is 2.56. The van der Waals surface area contributed by atoms with E-state index in [9.17, 15) is 15.0 Å². The van der Waals surface area contributed by atoms with E-state index in [1.807, 2.05) is 18.2 Å². The van der Waals surface area contributed by atoms with Crippen LogP contribution in [0, 0.1) is 0 Å². The van der Waals surface area contributed by atoms with Gasteiger partial charge in [0.25, 0.3) is 0 Å². The van der Waals surface area contributed by atoms with E-state index in [0.717, 1.165) is 30.4 Å². The summed E-state index contributed by atoms with van der Waals surface area (Å²) in [5.74, 6) is 0.574. The number of fused-ring (bicyclic) bond motifs is 6. The lowest BCUT2D eigenvalue weighted by atomic mass is 9.77. The van der Waals surface area contributed by atoms with E-state index in [0.29, 0.717) is 28.2 Å². The van der Waals surface area contributed by atoms with Crippen molar-refractivity contribution in [3.63, 3.8) is 0 Å². The van der Waals surface area contributed by atoms with Gasteiger partial charge in [0.05, 0.1) is 5.56 Å². The number of benzene rings is 3. The molecule has 0 bridgehead atoms. The average molecular weight is 585 g/mol. The molecular formula is C38H48O5. The summed E-state index contributed by atoms with van der Waals surface area (Å²) in [6.07, 6.45) is 22.1. The van der Waals surface area contributed by atoms with Crippen molar-refractivity contribution in [2.24, 2.45) is 0 Å². The third-order valence-corrected chi connectivity index (χ3v) is 9.19. The number of phenolic OH excluding ortho intramolecular Hbond substituents is 2. The van der Waals surface area contributed by atoms with Crippen LogP contribution in [-0.4, -0.2) is 16.2 Å². The Balaban J connectivity index is 1.12. The first kappa shape index (κ1) is 31.0. The number of hydrogen-bond donors (Lipinski definition) is 2. The number of esters is 1. The molecule has 5 rings (SSSR count). The van der Waals surface area contributed by atoms with E-state index in [-0.39, 0.29) is 17.5 Å². The highest BCUT2D eigenvalue weighted by atomic mass is 16.6.